The van der Waals surface area contributed by atoms with Crippen LogP contribution in [0.15, 0.2) is 86.0 Å². The number of ether oxygens (including phenoxy) is 2. The van der Waals surface area contributed by atoms with E-state index in [0.29, 0.717) is 38.8 Å². The van der Waals surface area contributed by atoms with Crippen molar-refractivity contribution in [2.45, 2.75) is 93.1 Å². The number of carbonyl (C=O) groups is 4. The molecule has 1 spiro atoms. The minimum absolute atomic E-state index is 0.0952. The Labute approximate surface area is 315 Å². The number of fused-ring (bicyclic) bond motifs is 1. The largest absolute Gasteiger partial charge is 0.455 e. The van der Waals surface area contributed by atoms with Gasteiger partial charge in [-0.25, -0.2) is 0 Å². The SMILES string of the molecule is C=CCCC(=O)N(C)[C@H](C)[C@H](OC(=O)[C@@H]1[C@H]2O[C@@]3(CC2Br)[C@H](C(=O)N(CC=C)Cc2ccccc2)N(CCCCCCO)C(=O)[C@@H]13)c1ccccc1. The Morgan fingerprint density at radius 1 is 1.06 bits per heavy atom. The molecule has 3 amide bonds. The number of esters is 1. The van der Waals surface area contributed by atoms with Crippen molar-refractivity contribution in [3.05, 3.63) is 97.1 Å². The number of benzene rings is 2. The number of likely N-dealkylation sites (N-methyl/N-ethyl adjacent to an activating group) is 1. The Hall–Kier alpha value is -3.80. The fourth-order valence-electron chi connectivity index (χ4n) is 8.15. The molecule has 5 rings (SSSR count). The van der Waals surface area contributed by atoms with Gasteiger partial charge in [-0.15, -0.1) is 13.2 Å². The lowest BCUT2D eigenvalue weighted by molar-refractivity contribution is -0.164. The number of allylic oxidation sites excluding steroid dienone is 1. The normalized spacial score (nSPS) is 25.7. The van der Waals surface area contributed by atoms with Crippen molar-refractivity contribution >= 4 is 39.6 Å². The number of rotatable bonds is 19. The Morgan fingerprint density at radius 3 is 2.38 bits per heavy atom. The average Bonchev–Trinajstić information content (AvgIpc) is 3.75. The number of hydrogen-bond acceptors (Lipinski definition) is 7. The second-order valence-corrected chi connectivity index (χ2v) is 15.3. The molecule has 3 aliphatic rings. The smallest absolute Gasteiger partial charge is 0.313 e. The van der Waals surface area contributed by atoms with Crippen LogP contribution in [-0.2, 0) is 35.2 Å². The number of aliphatic hydroxyl groups is 1. The summed E-state index contributed by atoms with van der Waals surface area (Å²) in [5.41, 5.74) is 0.415. The van der Waals surface area contributed by atoms with E-state index in [9.17, 15) is 24.3 Å². The first-order valence-electron chi connectivity index (χ1n) is 18.4. The lowest BCUT2D eigenvalue weighted by Crippen LogP contribution is -2.56. The maximum atomic E-state index is 14.8. The number of carbonyl (C=O) groups excluding carboxylic acids is 4. The van der Waals surface area contributed by atoms with Gasteiger partial charge in [0.25, 0.3) is 0 Å². The van der Waals surface area contributed by atoms with E-state index in [1.807, 2.05) is 67.6 Å². The highest BCUT2D eigenvalue weighted by Gasteiger charge is 2.77. The predicted octanol–water partition coefficient (Wildman–Crippen LogP) is 5.60. The van der Waals surface area contributed by atoms with Crippen LogP contribution < -0.4 is 0 Å². The second-order valence-electron chi connectivity index (χ2n) is 14.2. The van der Waals surface area contributed by atoms with Gasteiger partial charge < -0.3 is 29.3 Å². The van der Waals surface area contributed by atoms with Gasteiger partial charge in [-0.1, -0.05) is 102 Å². The van der Waals surface area contributed by atoms with Crippen LogP contribution in [0.1, 0.15) is 69.1 Å². The first-order chi connectivity index (χ1) is 25.1. The van der Waals surface area contributed by atoms with Gasteiger partial charge in [0.15, 0.2) is 0 Å². The monoisotopic (exact) mass is 777 g/mol. The molecule has 11 heteroatoms. The molecule has 2 bridgehead atoms. The molecular formula is C41H52BrN3O7. The van der Waals surface area contributed by atoms with E-state index >= 15 is 0 Å². The molecule has 8 atom stereocenters. The van der Waals surface area contributed by atoms with Crippen LogP contribution in [0.4, 0.5) is 0 Å². The summed E-state index contributed by atoms with van der Waals surface area (Å²) in [5, 5.41) is 9.30. The first kappa shape index (κ1) is 39.4. The first-order valence-corrected chi connectivity index (χ1v) is 19.3. The zero-order chi connectivity index (χ0) is 37.4. The van der Waals surface area contributed by atoms with Crippen LogP contribution in [0.2, 0.25) is 0 Å². The van der Waals surface area contributed by atoms with Gasteiger partial charge in [0.2, 0.25) is 17.7 Å². The number of hydrogen-bond donors (Lipinski definition) is 1. The average molecular weight is 779 g/mol. The van der Waals surface area contributed by atoms with E-state index in [1.165, 1.54) is 0 Å². The molecule has 1 unspecified atom stereocenters. The Kier molecular flexibility index (Phi) is 13.5. The van der Waals surface area contributed by atoms with Crippen molar-refractivity contribution in [1.29, 1.82) is 0 Å². The summed E-state index contributed by atoms with van der Waals surface area (Å²) in [4.78, 5) is 61.8. The summed E-state index contributed by atoms with van der Waals surface area (Å²) in [5.74, 6) is -3.13. The van der Waals surface area contributed by atoms with E-state index < -0.39 is 47.7 Å². The van der Waals surface area contributed by atoms with Gasteiger partial charge in [-0.05, 0) is 43.7 Å². The number of unbranched alkanes of at least 4 members (excludes halogenated alkanes) is 3. The fourth-order valence-corrected chi connectivity index (χ4v) is 9.10. The van der Waals surface area contributed by atoms with Crippen LogP contribution >= 0.6 is 15.9 Å². The van der Waals surface area contributed by atoms with Crippen molar-refractivity contribution in [3.8, 4) is 0 Å². The summed E-state index contributed by atoms with van der Waals surface area (Å²) in [6.07, 6.45) is 5.90. The number of aliphatic hydroxyl groups excluding tert-OH is 1. The van der Waals surface area contributed by atoms with Gasteiger partial charge in [0, 0.05) is 44.5 Å². The summed E-state index contributed by atoms with van der Waals surface area (Å²) in [6, 6.07) is 17.5. The molecule has 10 nitrogen and oxygen atoms in total. The topological polar surface area (TPSA) is 117 Å². The van der Waals surface area contributed by atoms with Crippen molar-refractivity contribution in [2.24, 2.45) is 11.8 Å². The van der Waals surface area contributed by atoms with Crippen molar-refractivity contribution in [3.63, 3.8) is 0 Å². The highest BCUT2D eigenvalue weighted by Crippen LogP contribution is 2.60. The van der Waals surface area contributed by atoms with Gasteiger partial charge in [0.05, 0.1) is 24.0 Å². The van der Waals surface area contributed by atoms with Crippen LogP contribution in [0, 0.1) is 11.8 Å². The minimum Gasteiger partial charge on any atom is -0.455 e. The Morgan fingerprint density at radius 2 is 1.73 bits per heavy atom. The number of halogens is 1. The maximum Gasteiger partial charge on any atom is 0.313 e. The highest BCUT2D eigenvalue weighted by molar-refractivity contribution is 9.09. The van der Waals surface area contributed by atoms with Gasteiger partial charge in [0.1, 0.15) is 17.7 Å². The molecule has 3 fully saturated rings. The molecular weight excluding hydrogens is 726 g/mol. The van der Waals surface area contributed by atoms with Gasteiger partial charge in [-0.2, -0.15) is 0 Å². The van der Waals surface area contributed by atoms with Gasteiger partial charge >= 0.3 is 5.97 Å². The predicted molar refractivity (Wildman–Crippen MR) is 202 cm³/mol. The van der Waals surface area contributed by atoms with Crippen LogP contribution in [0.5, 0.6) is 0 Å². The lowest BCUT2D eigenvalue weighted by Gasteiger charge is -2.37. The molecule has 3 aliphatic heterocycles. The van der Waals surface area contributed by atoms with E-state index in [2.05, 4.69) is 29.1 Å². The highest BCUT2D eigenvalue weighted by atomic mass is 79.9. The number of amides is 3. The van der Waals surface area contributed by atoms with E-state index in [-0.39, 0.29) is 42.1 Å². The summed E-state index contributed by atoms with van der Waals surface area (Å²) < 4.78 is 13.2. The maximum absolute atomic E-state index is 14.8. The molecule has 3 saturated heterocycles. The minimum atomic E-state index is -1.25. The molecule has 2 aromatic rings. The standard InChI is InChI=1S/C41H52BrN3O7/c1-5-7-22-32(47)43(4)28(3)35(30-20-14-11-15-21-30)51-40(50)33-34-38(48)45(24-16-8-9-17-25-46)37(41(34)26-31(42)36(33)52-41)39(49)44(23-6-2)27-29-18-12-10-13-19-29/h5-6,10-15,18-21,28,31,33-37,46H,1-2,7-9,16-17,22-27H2,3-4H3/t28-,31?,33+,34-,35+,36+,37+,41-/m1/s1. The van der Waals surface area contributed by atoms with Crippen LogP contribution in [0.25, 0.3) is 0 Å². The molecule has 3 heterocycles. The quantitative estimate of drug-likeness (QED) is 0.0855. The summed E-state index contributed by atoms with van der Waals surface area (Å²) in [7, 11) is 1.70. The third-order valence-electron chi connectivity index (χ3n) is 10.9. The van der Waals surface area contributed by atoms with E-state index in [1.54, 1.807) is 33.9 Å². The van der Waals surface area contributed by atoms with E-state index in [0.717, 1.165) is 24.0 Å². The number of nitrogens with zero attached hydrogens (tertiary/aromatic N) is 3. The van der Waals surface area contributed by atoms with Crippen molar-refractivity contribution < 1.29 is 33.8 Å². The molecule has 0 radical (unpaired) electrons. The lowest BCUT2D eigenvalue weighted by atomic mass is 9.70. The number of alkyl halides is 1. The fraction of sp³-hybridized carbons (Fsp3) is 0.512. The Balaban J connectivity index is 1.48. The molecule has 2 aromatic carbocycles. The van der Waals surface area contributed by atoms with Crippen molar-refractivity contribution in [1.82, 2.24) is 14.7 Å². The number of likely N-dealkylation sites (tertiary alicyclic amines) is 1. The van der Waals surface area contributed by atoms with Crippen LogP contribution in [-0.4, -0.2) is 98.9 Å². The summed E-state index contributed by atoms with van der Waals surface area (Å²) >= 11 is 3.77. The molecule has 52 heavy (non-hydrogen) atoms. The van der Waals surface area contributed by atoms with Crippen LogP contribution in [0.3, 0.4) is 0 Å². The Bertz CT molecular complexity index is 1570. The molecule has 0 aliphatic carbocycles. The zero-order valence-electron chi connectivity index (χ0n) is 30.3. The molecule has 1 N–H and O–H groups in total. The zero-order valence-corrected chi connectivity index (χ0v) is 31.9. The summed E-state index contributed by atoms with van der Waals surface area (Å²) in [6.45, 7) is 10.5. The molecule has 280 valence electrons. The van der Waals surface area contributed by atoms with Gasteiger partial charge in [-0.3, -0.25) is 19.2 Å². The van der Waals surface area contributed by atoms with Crippen molar-refractivity contribution in [2.75, 3.05) is 26.7 Å². The molecule has 0 saturated carbocycles. The third-order valence-corrected chi connectivity index (χ3v) is 11.7. The third kappa shape index (κ3) is 8.06. The van der Waals surface area contributed by atoms with E-state index in [4.69, 9.17) is 9.47 Å². The molecule has 0 aromatic heterocycles. The second kappa shape index (κ2) is 17.8.